The second-order valence-corrected chi connectivity index (χ2v) is 6.58. The Morgan fingerprint density at radius 2 is 1.67 bits per heavy atom. The zero-order chi connectivity index (χ0) is 20.6. The van der Waals surface area contributed by atoms with Crippen LogP contribution < -0.4 is 10.2 Å². The van der Waals surface area contributed by atoms with Gasteiger partial charge in [0.05, 0.1) is 11.9 Å². The van der Waals surface area contributed by atoms with E-state index >= 15 is 0 Å². The molecule has 0 fully saturated rings. The maximum absolute atomic E-state index is 12.2. The minimum atomic E-state index is -0.358. The summed E-state index contributed by atoms with van der Waals surface area (Å²) >= 11 is 0. The predicted octanol–water partition coefficient (Wildman–Crippen LogP) is 4.42. The molecule has 6 nitrogen and oxygen atoms in total. The van der Waals surface area contributed by atoms with E-state index in [1.165, 1.54) is 0 Å². The average molecular weight is 396 g/mol. The van der Waals surface area contributed by atoms with Gasteiger partial charge in [-0.2, -0.15) is 10.2 Å². The summed E-state index contributed by atoms with van der Waals surface area (Å²) in [6.07, 6.45) is 1.59. The highest BCUT2D eigenvalue weighted by molar-refractivity contribution is 5.94. The Kier molecular flexibility index (Phi) is 5.96. The second kappa shape index (κ2) is 9.34. The quantitative estimate of drug-likeness (QED) is 0.358. The van der Waals surface area contributed by atoms with Crippen molar-refractivity contribution in [2.75, 3.05) is 0 Å². The summed E-state index contributed by atoms with van der Waals surface area (Å²) in [5, 5.41) is 10.9. The molecule has 0 saturated carbocycles. The number of rotatable bonds is 7. The molecule has 0 unspecified atom stereocenters. The van der Waals surface area contributed by atoms with Crippen LogP contribution in [-0.4, -0.2) is 22.3 Å². The van der Waals surface area contributed by atoms with Crippen LogP contribution in [0.4, 0.5) is 0 Å². The predicted molar refractivity (Wildman–Crippen MR) is 116 cm³/mol. The van der Waals surface area contributed by atoms with Crippen molar-refractivity contribution >= 4 is 12.1 Å². The molecule has 1 amide bonds. The fraction of sp³-hybridized carbons (Fsp3) is 0.0417. The first kappa shape index (κ1) is 19.1. The summed E-state index contributed by atoms with van der Waals surface area (Å²) in [6, 6.07) is 28.8. The molecule has 0 aliphatic rings. The number of aromatic amines is 1. The molecule has 0 aliphatic heterocycles. The Bertz CT molecular complexity index is 1120. The van der Waals surface area contributed by atoms with Crippen LogP contribution in [0.1, 0.15) is 21.6 Å². The van der Waals surface area contributed by atoms with E-state index in [0.717, 1.165) is 22.4 Å². The Balaban J connectivity index is 1.35. The molecule has 0 bridgehead atoms. The first-order valence-corrected chi connectivity index (χ1v) is 9.49. The van der Waals surface area contributed by atoms with Gasteiger partial charge >= 0.3 is 0 Å². The molecule has 2 N–H and O–H groups in total. The van der Waals surface area contributed by atoms with Gasteiger partial charge in [0.1, 0.15) is 18.1 Å². The number of carbonyl (C=O) groups excluding carboxylic acids is 1. The summed E-state index contributed by atoms with van der Waals surface area (Å²) in [4.78, 5) is 12.2. The molecule has 148 valence electrons. The average Bonchev–Trinajstić information content (AvgIpc) is 3.30. The Morgan fingerprint density at radius 1 is 0.967 bits per heavy atom. The molecule has 1 heterocycles. The lowest BCUT2D eigenvalue weighted by atomic mass is 10.1. The minimum Gasteiger partial charge on any atom is -0.489 e. The third-order valence-electron chi connectivity index (χ3n) is 4.40. The topological polar surface area (TPSA) is 79.4 Å². The lowest BCUT2D eigenvalue weighted by Crippen LogP contribution is -2.17. The first-order valence-electron chi connectivity index (χ1n) is 9.49. The van der Waals surface area contributed by atoms with Crippen molar-refractivity contribution in [2.45, 2.75) is 6.61 Å². The van der Waals surface area contributed by atoms with Crippen molar-refractivity contribution in [3.63, 3.8) is 0 Å². The third-order valence-corrected chi connectivity index (χ3v) is 4.40. The number of aromatic nitrogens is 2. The van der Waals surface area contributed by atoms with Crippen molar-refractivity contribution in [2.24, 2.45) is 5.10 Å². The van der Waals surface area contributed by atoms with Gasteiger partial charge < -0.3 is 4.74 Å². The highest BCUT2D eigenvalue weighted by Crippen LogP contribution is 2.22. The second-order valence-electron chi connectivity index (χ2n) is 6.58. The number of nitrogens with one attached hydrogen (secondary N) is 2. The van der Waals surface area contributed by atoms with E-state index < -0.39 is 0 Å². The zero-order valence-electron chi connectivity index (χ0n) is 16.2. The molecule has 0 atom stereocenters. The fourth-order valence-electron chi connectivity index (χ4n) is 2.81. The molecule has 1 aromatic heterocycles. The maximum Gasteiger partial charge on any atom is 0.289 e. The summed E-state index contributed by atoms with van der Waals surface area (Å²) in [7, 11) is 0. The van der Waals surface area contributed by atoms with E-state index in [1.807, 2.05) is 84.9 Å². The Labute approximate surface area is 174 Å². The summed E-state index contributed by atoms with van der Waals surface area (Å²) < 4.78 is 5.80. The van der Waals surface area contributed by atoms with Crippen molar-refractivity contribution < 1.29 is 9.53 Å². The number of ether oxygens (including phenoxy) is 1. The number of hydrogen-bond donors (Lipinski definition) is 2. The Hall–Kier alpha value is -4.19. The zero-order valence-corrected chi connectivity index (χ0v) is 16.2. The van der Waals surface area contributed by atoms with Gasteiger partial charge in [-0.15, -0.1) is 0 Å². The molecular formula is C24H20N4O2. The molecule has 6 heteroatoms. The van der Waals surface area contributed by atoms with Crippen molar-refractivity contribution in [1.82, 2.24) is 15.6 Å². The van der Waals surface area contributed by atoms with Gasteiger partial charge in [0.15, 0.2) is 0 Å². The SMILES string of the molecule is O=C(N/N=C\c1ccccc1)c1cc(-c2ccc(OCc3ccccc3)cc2)n[nH]1. The number of nitrogens with zero attached hydrogens (tertiary/aromatic N) is 2. The number of hydrazone groups is 1. The van der Waals surface area contributed by atoms with Crippen LogP contribution in [0.25, 0.3) is 11.3 Å². The van der Waals surface area contributed by atoms with Crippen LogP contribution in [0.3, 0.4) is 0 Å². The lowest BCUT2D eigenvalue weighted by molar-refractivity contribution is 0.0950. The summed E-state index contributed by atoms with van der Waals surface area (Å²) in [5.74, 6) is 0.412. The van der Waals surface area contributed by atoms with Crippen LogP contribution in [-0.2, 0) is 6.61 Å². The maximum atomic E-state index is 12.2. The normalized spacial score (nSPS) is 10.8. The monoisotopic (exact) mass is 396 g/mol. The summed E-state index contributed by atoms with van der Waals surface area (Å²) in [5.41, 5.74) is 6.39. The van der Waals surface area contributed by atoms with Gasteiger partial charge in [-0.25, -0.2) is 5.43 Å². The van der Waals surface area contributed by atoms with Crippen LogP contribution in [0.15, 0.2) is 96.1 Å². The number of hydrogen-bond acceptors (Lipinski definition) is 4. The van der Waals surface area contributed by atoms with E-state index in [0.29, 0.717) is 18.0 Å². The van der Waals surface area contributed by atoms with Gasteiger partial charge in [-0.3, -0.25) is 9.89 Å². The number of H-pyrrole nitrogens is 1. The van der Waals surface area contributed by atoms with Crippen LogP contribution in [0, 0.1) is 0 Å². The molecular weight excluding hydrogens is 376 g/mol. The lowest BCUT2D eigenvalue weighted by Gasteiger charge is -2.06. The van der Waals surface area contributed by atoms with E-state index in [4.69, 9.17) is 4.74 Å². The standard InChI is InChI=1S/C24H20N4O2/c29-24(28-25-16-18-7-3-1-4-8-18)23-15-22(26-27-23)20-11-13-21(14-12-20)30-17-19-9-5-2-6-10-19/h1-16H,17H2,(H,26,27)(H,28,29)/b25-16-. The summed E-state index contributed by atoms with van der Waals surface area (Å²) in [6.45, 7) is 0.510. The van der Waals surface area contributed by atoms with Crippen molar-refractivity contribution in [3.05, 3.63) is 108 Å². The smallest absolute Gasteiger partial charge is 0.289 e. The van der Waals surface area contributed by atoms with Crippen LogP contribution in [0.5, 0.6) is 5.75 Å². The van der Waals surface area contributed by atoms with Gasteiger partial charge in [-0.05, 0) is 41.5 Å². The molecule has 4 rings (SSSR count). The fourth-order valence-corrected chi connectivity index (χ4v) is 2.81. The number of benzene rings is 3. The first-order chi connectivity index (χ1) is 14.8. The van der Waals surface area contributed by atoms with Gasteiger partial charge in [0.2, 0.25) is 0 Å². The van der Waals surface area contributed by atoms with Gasteiger partial charge in [0, 0.05) is 5.56 Å². The molecule has 0 aliphatic carbocycles. The largest absolute Gasteiger partial charge is 0.489 e. The van der Waals surface area contributed by atoms with Crippen LogP contribution in [0.2, 0.25) is 0 Å². The molecule has 30 heavy (non-hydrogen) atoms. The minimum absolute atomic E-state index is 0.333. The number of amides is 1. The highest BCUT2D eigenvalue weighted by Gasteiger charge is 2.10. The van der Waals surface area contributed by atoms with Crippen molar-refractivity contribution in [3.8, 4) is 17.0 Å². The molecule has 0 radical (unpaired) electrons. The third kappa shape index (κ3) is 4.99. The highest BCUT2D eigenvalue weighted by atomic mass is 16.5. The Morgan fingerprint density at radius 3 is 2.40 bits per heavy atom. The number of carbonyl (C=O) groups is 1. The van der Waals surface area contributed by atoms with E-state index in [1.54, 1.807) is 12.3 Å². The van der Waals surface area contributed by atoms with E-state index in [2.05, 4.69) is 20.7 Å². The molecule has 3 aromatic carbocycles. The molecule has 0 saturated heterocycles. The molecule has 4 aromatic rings. The van der Waals surface area contributed by atoms with Gasteiger partial charge in [0.25, 0.3) is 5.91 Å². The van der Waals surface area contributed by atoms with E-state index in [-0.39, 0.29) is 5.91 Å². The van der Waals surface area contributed by atoms with Crippen molar-refractivity contribution in [1.29, 1.82) is 0 Å². The van der Waals surface area contributed by atoms with Gasteiger partial charge in [-0.1, -0.05) is 60.7 Å². The van der Waals surface area contributed by atoms with Crippen LogP contribution >= 0.6 is 0 Å². The molecule has 0 spiro atoms. The van der Waals surface area contributed by atoms with E-state index in [9.17, 15) is 4.79 Å².